The molecule has 0 fully saturated rings. The minimum Gasteiger partial charge on any atom is -0.496 e. The quantitative estimate of drug-likeness (QED) is 0.650. The van der Waals surface area contributed by atoms with Crippen molar-refractivity contribution in [2.45, 2.75) is 20.1 Å². The van der Waals surface area contributed by atoms with Crippen molar-refractivity contribution in [1.29, 1.82) is 0 Å². The number of hydrogen-bond acceptors (Lipinski definition) is 3. The largest absolute Gasteiger partial charge is 0.496 e. The zero-order valence-corrected chi connectivity index (χ0v) is 15.9. The molecule has 4 nitrogen and oxygen atoms in total. The maximum atomic E-state index is 13.0. The van der Waals surface area contributed by atoms with Crippen LogP contribution in [0.1, 0.15) is 27.0 Å². The van der Waals surface area contributed by atoms with Gasteiger partial charge in [0.05, 0.1) is 7.11 Å². The predicted molar refractivity (Wildman–Crippen MR) is 106 cm³/mol. The number of nitrogens with one attached hydrogen (secondary N) is 1. The van der Waals surface area contributed by atoms with E-state index in [0.717, 1.165) is 22.4 Å². The van der Waals surface area contributed by atoms with Gasteiger partial charge in [0.2, 0.25) is 0 Å². The summed E-state index contributed by atoms with van der Waals surface area (Å²) in [7, 11) is 1.58. The fourth-order valence-electron chi connectivity index (χ4n) is 2.71. The molecule has 1 amide bonds. The lowest BCUT2D eigenvalue weighted by Crippen LogP contribution is -2.23. The van der Waals surface area contributed by atoms with Crippen LogP contribution in [-0.2, 0) is 13.2 Å². The monoisotopic (exact) mass is 379 g/mol. The van der Waals surface area contributed by atoms with Crippen molar-refractivity contribution in [2.24, 2.45) is 0 Å². The number of carbonyl (C=O) groups is 1. The van der Waals surface area contributed by atoms with Gasteiger partial charge in [0.1, 0.15) is 23.9 Å². The third-order valence-electron chi connectivity index (χ3n) is 4.32. The van der Waals surface area contributed by atoms with Crippen LogP contribution in [0.15, 0.2) is 66.7 Å². The van der Waals surface area contributed by atoms with Gasteiger partial charge in [-0.2, -0.15) is 0 Å². The number of rotatable bonds is 7. The molecule has 0 atom stereocenters. The Morgan fingerprint density at radius 1 is 1.00 bits per heavy atom. The molecule has 0 aliphatic rings. The molecule has 0 aromatic heterocycles. The first kappa shape index (κ1) is 19.4. The lowest BCUT2D eigenvalue weighted by atomic mass is 10.1. The highest BCUT2D eigenvalue weighted by Crippen LogP contribution is 2.22. The van der Waals surface area contributed by atoms with E-state index in [2.05, 4.69) is 5.32 Å². The zero-order valence-electron chi connectivity index (χ0n) is 15.9. The minimum absolute atomic E-state index is 0.219. The van der Waals surface area contributed by atoms with E-state index in [9.17, 15) is 9.18 Å². The number of methoxy groups -OCH3 is 1. The zero-order chi connectivity index (χ0) is 19.9. The van der Waals surface area contributed by atoms with Crippen LogP contribution >= 0.6 is 0 Å². The number of ether oxygens (including phenoxy) is 2. The summed E-state index contributed by atoms with van der Waals surface area (Å²) < 4.78 is 24.2. The van der Waals surface area contributed by atoms with Crippen molar-refractivity contribution in [3.8, 4) is 11.5 Å². The van der Waals surface area contributed by atoms with Crippen molar-refractivity contribution < 1.29 is 18.7 Å². The molecule has 3 rings (SSSR count). The van der Waals surface area contributed by atoms with Crippen molar-refractivity contribution in [3.63, 3.8) is 0 Å². The fraction of sp³-hybridized carbons (Fsp3) is 0.174. The van der Waals surface area contributed by atoms with Gasteiger partial charge < -0.3 is 14.8 Å². The van der Waals surface area contributed by atoms with Gasteiger partial charge in [0, 0.05) is 17.7 Å². The Labute approximate surface area is 163 Å². The molecular formula is C23H22FNO3. The number of amides is 1. The summed E-state index contributed by atoms with van der Waals surface area (Å²) in [5.74, 6) is 0.882. The molecule has 0 spiro atoms. The average molecular weight is 379 g/mol. The lowest BCUT2D eigenvalue weighted by molar-refractivity contribution is 0.0950. The lowest BCUT2D eigenvalue weighted by Gasteiger charge is -2.13. The van der Waals surface area contributed by atoms with Crippen molar-refractivity contribution in [1.82, 2.24) is 5.32 Å². The van der Waals surface area contributed by atoms with Gasteiger partial charge in [-0.15, -0.1) is 0 Å². The van der Waals surface area contributed by atoms with Crippen LogP contribution < -0.4 is 14.8 Å². The first-order valence-corrected chi connectivity index (χ1v) is 8.94. The van der Waals surface area contributed by atoms with E-state index in [4.69, 9.17) is 9.47 Å². The second-order valence-electron chi connectivity index (χ2n) is 6.44. The summed E-state index contributed by atoms with van der Waals surface area (Å²) in [6.07, 6.45) is 0. The van der Waals surface area contributed by atoms with Crippen molar-refractivity contribution >= 4 is 5.91 Å². The predicted octanol–water partition coefficient (Wildman–Crippen LogP) is 4.65. The number of aryl methyl sites for hydroxylation is 1. The van der Waals surface area contributed by atoms with Crippen LogP contribution in [0.5, 0.6) is 11.5 Å². The third kappa shape index (κ3) is 5.10. The highest BCUT2D eigenvalue weighted by Gasteiger charge is 2.11. The Bertz CT molecular complexity index is 937. The van der Waals surface area contributed by atoms with Crippen LogP contribution in [0.3, 0.4) is 0 Å². The Hall–Kier alpha value is -3.34. The number of carbonyl (C=O) groups excluding carboxylic acids is 1. The maximum Gasteiger partial charge on any atom is 0.251 e. The molecule has 144 valence electrons. The second kappa shape index (κ2) is 9.04. The molecule has 3 aromatic rings. The highest BCUT2D eigenvalue weighted by molar-refractivity contribution is 5.94. The Morgan fingerprint density at radius 3 is 2.39 bits per heavy atom. The second-order valence-corrected chi connectivity index (χ2v) is 6.44. The first-order chi connectivity index (χ1) is 13.5. The molecule has 0 bridgehead atoms. The van der Waals surface area contributed by atoms with Gasteiger partial charge in [0.15, 0.2) is 0 Å². The van der Waals surface area contributed by atoms with Crippen LogP contribution in [0.4, 0.5) is 4.39 Å². The summed E-state index contributed by atoms with van der Waals surface area (Å²) >= 11 is 0. The first-order valence-electron chi connectivity index (χ1n) is 8.94. The van der Waals surface area contributed by atoms with Gasteiger partial charge in [-0.3, -0.25) is 4.79 Å². The molecule has 28 heavy (non-hydrogen) atoms. The highest BCUT2D eigenvalue weighted by atomic mass is 19.1. The minimum atomic E-state index is -0.302. The van der Waals surface area contributed by atoms with E-state index in [1.54, 1.807) is 37.4 Å². The number of halogens is 1. The third-order valence-corrected chi connectivity index (χ3v) is 4.32. The normalized spacial score (nSPS) is 10.4. The maximum absolute atomic E-state index is 13.0. The summed E-state index contributed by atoms with van der Waals surface area (Å²) in [6.45, 7) is 2.62. The molecule has 3 aromatic carbocycles. The molecule has 5 heteroatoms. The van der Waals surface area contributed by atoms with E-state index in [1.807, 2.05) is 31.2 Å². The SMILES string of the molecule is COc1ccc(C(=O)NCc2ccc(F)cc2)cc1COc1ccc(C)cc1. The molecule has 0 heterocycles. The summed E-state index contributed by atoms with van der Waals surface area (Å²) in [5.41, 5.74) is 3.26. The van der Waals surface area contributed by atoms with Crippen molar-refractivity contribution in [3.05, 3.63) is 94.8 Å². The van der Waals surface area contributed by atoms with Crippen LogP contribution in [0.2, 0.25) is 0 Å². The van der Waals surface area contributed by atoms with Crippen LogP contribution in [0.25, 0.3) is 0 Å². The van der Waals surface area contributed by atoms with Gasteiger partial charge in [-0.1, -0.05) is 29.8 Å². The average Bonchev–Trinajstić information content (AvgIpc) is 2.72. The Morgan fingerprint density at radius 2 is 1.71 bits per heavy atom. The summed E-state index contributed by atoms with van der Waals surface area (Å²) in [6, 6.07) is 19.0. The molecule has 0 aliphatic carbocycles. The van der Waals surface area contributed by atoms with Gasteiger partial charge in [-0.05, 0) is 55.0 Å². The fourth-order valence-corrected chi connectivity index (χ4v) is 2.71. The molecular weight excluding hydrogens is 357 g/mol. The molecule has 1 N–H and O–H groups in total. The van der Waals surface area contributed by atoms with E-state index in [1.165, 1.54) is 12.1 Å². The van der Waals surface area contributed by atoms with E-state index in [0.29, 0.717) is 17.9 Å². The van der Waals surface area contributed by atoms with Gasteiger partial charge in [-0.25, -0.2) is 4.39 Å². The summed E-state index contributed by atoms with van der Waals surface area (Å²) in [4.78, 5) is 12.5. The molecule has 0 saturated heterocycles. The molecule has 0 radical (unpaired) electrons. The Balaban J connectivity index is 1.67. The van der Waals surface area contributed by atoms with E-state index in [-0.39, 0.29) is 18.3 Å². The molecule has 0 saturated carbocycles. The number of hydrogen-bond donors (Lipinski definition) is 1. The van der Waals surface area contributed by atoms with E-state index >= 15 is 0 Å². The standard InChI is InChI=1S/C23H22FNO3/c1-16-3-10-21(11-4-16)28-15-19-13-18(7-12-22(19)27-2)23(26)25-14-17-5-8-20(24)9-6-17/h3-13H,14-15H2,1-2H3,(H,25,26). The van der Waals surface area contributed by atoms with Gasteiger partial charge >= 0.3 is 0 Å². The number of benzene rings is 3. The van der Waals surface area contributed by atoms with E-state index < -0.39 is 0 Å². The topological polar surface area (TPSA) is 47.6 Å². The van der Waals surface area contributed by atoms with Gasteiger partial charge in [0.25, 0.3) is 5.91 Å². The van der Waals surface area contributed by atoms with Crippen LogP contribution in [0, 0.1) is 12.7 Å². The molecule has 0 unspecified atom stereocenters. The smallest absolute Gasteiger partial charge is 0.251 e. The summed E-state index contributed by atoms with van der Waals surface area (Å²) in [5, 5.41) is 2.84. The molecule has 0 aliphatic heterocycles. The van der Waals surface area contributed by atoms with Crippen LogP contribution in [-0.4, -0.2) is 13.0 Å². The van der Waals surface area contributed by atoms with Crippen molar-refractivity contribution in [2.75, 3.05) is 7.11 Å². The Kier molecular flexibility index (Phi) is 6.27.